The van der Waals surface area contributed by atoms with Crippen LogP contribution in [-0.2, 0) is 6.42 Å². The SMILES string of the molecule is CC#N.COc1ccc2c(c1)C=CCC2. The van der Waals surface area contributed by atoms with Gasteiger partial charge in [-0.25, -0.2) is 0 Å². The van der Waals surface area contributed by atoms with Crippen molar-refractivity contribution in [1.82, 2.24) is 0 Å². The molecule has 2 heteroatoms. The van der Waals surface area contributed by atoms with Crippen molar-refractivity contribution in [2.75, 3.05) is 7.11 Å². The molecule has 0 amide bonds. The Morgan fingerprint density at radius 1 is 1.40 bits per heavy atom. The van der Waals surface area contributed by atoms with Crippen molar-refractivity contribution in [3.8, 4) is 11.8 Å². The molecule has 0 saturated heterocycles. The van der Waals surface area contributed by atoms with Gasteiger partial charge in [0, 0.05) is 6.92 Å². The van der Waals surface area contributed by atoms with Gasteiger partial charge in [0.15, 0.2) is 0 Å². The molecular weight excluding hydrogens is 186 g/mol. The van der Waals surface area contributed by atoms with Gasteiger partial charge in [0.2, 0.25) is 0 Å². The lowest BCUT2D eigenvalue weighted by Gasteiger charge is -2.10. The van der Waals surface area contributed by atoms with E-state index in [4.69, 9.17) is 10.00 Å². The number of allylic oxidation sites excluding steroid dienone is 1. The molecule has 0 atom stereocenters. The van der Waals surface area contributed by atoms with Crippen molar-refractivity contribution < 1.29 is 4.74 Å². The fourth-order valence-corrected chi connectivity index (χ4v) is 1.53. The number of benzene rings is 1. The fraction of sp³-hybridized carbons (Fsp3) is 0.308. The van der Waals surface area contributed by atoms with E-state index in [9.17, 15) is 0 Å². The molecule has 2 nitrogen and oxygen atoms in total. The average Bonchev–Trinajstić information content (AvgIpc) is 2.29. The molecule has 1 aliphatic carbocycles. The minimum atomic E-state index is 0.945. The quantitative estimate of drug-likeness (QED) is 0.699. The Kier molecular flexibility index (Phi) is 4.43. The molecule has 2 rings (SSSR count). The predicted molar refractivity (Wildman–Crippen MR) is 61.6 cm³/mol. The number of aryl methyl sites for hydroxylation is 1. The summed E-state index contributed by atoms with van der Waals surface area (Å²) in [4.78, 5) is 0. The van der Waals surface area contributed by atoms with Crippen molar-refractivity contribution in [3.63, 3.8) is 0 Å². The van der Waals surface area contributed by atoms with Gasteiger partial charge in [0.25, 0.3) is 0 Å². The van der Waals surface area contributed by atoms with Crippen LogP contribution in [0.25, 0.3) is 6.08 Å². The second-order valence-corrected chi connectivity index (χ2v) is 3.23. The van der Waals surface area contributed by atoms with E-state index in [1.807, 2.05) is 6.07 Å². The molecule has 0 bridgehead atoms. The molecule has 0 fully saturated rings. The molecule has 1 aromatic rings. The summed E-state index contributed by atoms with van der Waals surface area (Å²) in [7, 11) is 1.70. The lowest BCUT2D eigenvalue weighted by Crippen LogP contribution is -1.94. The van der Waals surface area contributed by atoms with Crippen LogP contribution in [0.3, 0.4) is 0 Å². The molecule has 0 aromatic heterocycles. The van der Waals surface area contributed by atoms with Crippen LogP contribution in [0.15, 0.2) is 24.3 Å². The minimum absolute atomic E-state index is 0.945. The molecule has 78 valence electrons. The zero-order chi connectivity index (χ0) is 11.1. The molecule has 1 aliphatic rings. The first-order valence-corrected chi connectivity index (χ1v) is 4.96. The zero-order valence-corrected chi connectivity index (χ0v) is 9.16. The van der Waals surface area contributed by atoms with Crippen molar-refractivity contribution >= 4 is 6.08 Å². The van der Waals surface area contributed by atoms with Crippen LogP contribution >= 0.6 is 0 Å². The summed E-state index contributed by atoms with van der Waals surface area (Å²) in [5, 5.41) is 7.32. The van der Waals surface area contributed by atoms with E-state index in [-0.39, 0.29) is 0 Å². The van der Waals surface area contributed by atoms with Gasteiger partial charge in [-0.3, -0.25) is 0 Å². The number of nitriles is 1. The Morgan fingerprint density at radius 3 is 2.80 bits per heavy atom. The molecule has 0 spiro atoms. The summed E-state index contributed by atoms with van der Waals surface area (Å²) in [5.41, 5.74) is 2.74. The smallest absolute Gasteiger partial charge is 0.119 e. The lowest BCUT2D eigenvalue weighted by atomic mass is 9.97. The topological polar surface area (TPSA) is 33.0 Å². The van der Waals surface area contributed by atoms with Crippen LogP contribution in [0.1, 0.15) is 24.5 Å². The van der Waals surface area contributed by atoms with Crippen LogP contribution < -0.4 is 4.74 Å². The second-order valence-electron chi connectivity index (χ2n) is 3.23. The normalized spacial score (nSPS) is 11.8. The van der Waals surface area contributed by atoms with E-state index >= 15 is 0 Å². The summed E-state index contributed by atoms with van der Waals surface area (Å²) in [6.07, 6.45) is 6.71. The molecule has 0 N–H and O–H groups in total. The highest BCUT2D eigenvalue weighted by Crippen LogP contribution is 2.23. The molecule has 1 aromatic carbocycles. The zero-order valence-electron chi connectivity index (χ0n) is 9.16. The first-order valence-electron chi connectivity index (χ1n) is 4.96. The van der Waals surface area contributed by atoms with Crippen molar-refractivity contribution in [1.29, 1.82) is 5.26 Å². The Balaban J connectivity index is 0.000000337. The van der Waals surface area contributed by atoms with Gasteiger partial charge in [-0.1, -0.05) is 18.2 Å². The largest absolute Gasteiger partial charge is 0.497 e. The van der Waals surface area contributed by atoms with E-state index in [1.165, 1.54) is 24.5 Å². The summed E-state index contributed by atoms with van der Waals surface area (Å²) in [5.74, 6) is 0.945. The highest BCUT2D eigenvalue weighted by Gasteiger charge is 2.04. The van der Waals surface area contributed by atoms with Gasteiger partial charge in [-0.15, -0.1) is 0 Å². The van der Waals surface area contributed by atoms with E-state index in [2.05, 4.69) is 24.3 Å². The number of fused-ring (bicyclic) bond motifs is 1. The third-order valence-corrected chi connectivity index (χ3v) is 2.23. The maximum absolute atomic E-state index is 7.32. The van der Waals surface area contributed by atoms with Gasteiger partial charge >= 0.3 is 0 Å². The monoisotopic (exact) mass is 201 g/mol. The van der Waals surface area contributed by atoms with Crippen LogP contribution in [-0.4, -0.2) is 7.11 Å². The Bertz CT molecular complexity index is 388. The molecule has 0 aliphatic heterocycles. The van der Waals surface area contributed by atoms with Gasteiger partial charge in [-0.05, 0) is 36.1 Å². The van der Waals surface area contributed by atoms with E-state index in [0.29, 0.717) is 0 Å². The van der Waals surface area contributed by atoms with Gasteiger partial charge in [-0.2, -0.15) is 5.26 Å². The number of nitrogens with zero attached hydrogens (tertiary/aromatic N) is 1. The van der Waals surface area contributed by atoms with Gasteiger partial charge in [0.05, 0.1) is 13.2 Å². The third-order valence-electron chi connectivity index (χ3n) is 2.23. The molecular formula is C13H15NO. The first kappa shape index (κ1) is 11.3. The summed E-state index contributed by atoms with van der Waals surface area (Å²) >= 11 is 0. The minimum Gasteiger partial charge on any atom is -0.497 e. The number of ether oxygens (including phenoxy) is 1. The van der Waals surface area contributed by atoms with Crippen LogP contribution in [0.5, 0.6) is 5.75 Å². The molecule has 15 heavy (non-hydrogen) atoms. The lowest BCUT2D eigenvalue weighted by molar-refractivity contribution is 0.414. The van der Waals surface area contributed by atoms with Gasteiger partial charge < -0.3 is 4.74 Å². The Morgan fingerprint density at radius 2 is 2.13 bits per heavy atom. The number of hydrogen-bond donors (Lipinski definition) is 0. The summed E-state index contributed by atoms with van der Waals surface area (Å²) in [6, 6.07) is 8.01. The van der Waals surface area contributed by atoms with Crippen molar-refractivity contribution in [2.24, 2.45) is 0 Å². The maximum atomic E-state index is 7.32. The number of rotatable bonds is 1. The second kappa shape index (κ2) is 5.87. The maximum Gasteiger partial charge on any atom is 0.119 e. The number of methoxy groups -OCH3 is 1. The first-order chi connectivity index (χ1) is 7.31. The molecule has 0 heterocycles. The fourth-order valence-electron chi connectivity index (χ4n) is 1.53. The van der Waals surface area contributed by atoms with E-state index in [0.717, 1.165) is 12.2 Å². The highest BCUT2D eigenvalue weighted by atomic mass is 16.5. The van der Waals surface area contributed by atoms with Crippen LogP contribution in [0.2, 0.25) is 0 Å². The van der Waals surface area contributed by atoms with Crippen LogP contribution in [0, 0.1) is 11.3 Å². The van der Waals surface area contributed by atoms with Crippen molar-refractivity contribution in [2.45, 2.75) is 19.8 Å². The highest BCUT2D eigenvalue weighted by molar-refractivity contribution is 5.58. The molecule has 0 unspecified atom stereocenters. The van der Waals surface area contributed by atoms with Gasteiger partial charge in [0.1, 0.15) is 5.75 Å². The Labute approximate surface area is 90.8 Å². The van der Waals surface area contributed by atoms with Crippen LogP contribution in [0.4, 0.5) is 0 Å². The summed E-state index contributed by atoms with van der Waals surface area (Å²) in [6.45, 7) is 1.43. The van der Waals surface area contributed by atoms with E-state index < -0.39 is 0 Å². The number of hydrogen-bond acceptors (Lipinski definition) is 2. The third kappa shape index (κ3) is 3.14. The average molecular weight is 201 g/mol. The molecule has 0 saturated carbocycles. The summed E-state index contributed by atoms with van der Waals surface area (Å²) < 4.78 is 5.15. The van der Waals surface area contributed by atoms with Crippen molar-refractivity contribution in [3.05, 3.63) is 35.4 Å². The molecule has 0 radical (unpaired) electrons. The Hall–Kier alpha value is -1.75. The predicted octanol–water partition coefficient (Wildman–Crippen LogP) is 3.18. The standard InChI is InChI=1S/C11H12O.C2H3N/c1-12-11-7-6-9-4-2-3-5-10(9)8-11;1-2-3/h3,5-8H,2,4H2,1H3;1H3. The van der Waals surface area contributed by atoms with E-state index in [1.54, 1.807) is 13.2 Å².